The van der Waals surface area contributed by atoms with Crippen molar-refractivity contribution in [1.82, 2.24) is 19.4 Å². The summed E-state index contributed by atoms with van der Waals surface area (Å²) in [5, 5.41) is 0.756. The molecule has 2 amide bonds. The Morgan fingerprint density at radius 1 is 0.968 bits per heavy atom. The second-order valence-electron chi connectivity index (χ2n) is 9.57. The number of imidazole rings is 1. The van der Waals surface area contributed by atoms with Crippen LogP contribution < -0.4 is 0 Å². The SMILES string of the molecule is CC1CCN(C(=O)CSc2nc3ccccc3n2CC(=O)N2C[C@@H](C)C[C@H](C)C2)CC1. The molecule has 0 aliphatic carbocycles. The number of hydrogen-bond acceptors (Lipinski definition) is 4. The molecule has 0 radical (unpaired) electrons. The number of nitrogens with zero attached hydrogens (tertiary/aromatic N) is 4. The van der Waals surface area contributed by atoms with Crippen LogP contribution in [0.5, 0.6) is 0 Å². The van der Waals surface area contributed by atoms with Gasteiger partial charge < -0.3 is 14.4 Å². The summed E-state index contributed by atoms with van der Waals surface area (Å²) in [4.78, 5) is 34.6. The number of para-hydroxylation sites is 2. The lowest BCUT2D eigenvalue weighted by molar-refractivity contribution is -0.134. The Kier molecular flexibility index (Phi) is 6.89. The number of aromatic nitrogens is 2. The summed E-state index contributed by atoms with van der Waals surface area (Å²) in [6.45, 7) is 10.3. The molecule has 3 heterocycles. The summed E-state index contributed by atoms with van der Waals surface area (Å²) in [7, 11) is 0. The number of thioether (sulfide) groups is 1. The van der Waals surface area contributed by atoms with Gasteiger partial charge in [0, 0.05) is 26.2 Å². The summed E-state index contributed by atoms with van der Waals surface area (Å²) in [5.74, 6) is 2.44. The van der Waals surface area contributed by atoms with Crippen LogP contribution in [-0.4, -0.2) is 63.1 Å². The molecule has 6 nitrogen and oxygen atoms in total. The molecule has 0 bridgehead atoms. The largest absolute Gasteiger partial charge is 0.342 e. The first-order chi connectivity index (χ1) is 14.9. The number of piperidine rings is 2. The highest BCUT2D eigenvalue weighted by Gasteiger charge is 2.27. The van der Waals surface area contributed by atoms with E-state index in [0.717, 1.165) is 55.2 Å². The maximum Gasteiger partial charge on any atom is 0.242 e. The Morgan fingerprint density at radius 2 is 1.65 bits per heavy atom. The third-order valence-electron chi connectivity index (χ3n) is 6.60. The summed E-state index contributed by atoms with van der Waals surface area (Å²) in [5.41, 5.74) is 1.83. The van der Waals surface area contributed by atoms with Gasteiger partial charge in [0.15, 0.2) is 5.16 Å². The molecule has 7 heteroatoms. The topological polar surface area (TPSA) is 58.4 Å². The minimum Gasteiger partial charge on any atom is -0.342 e. The van der Waals surface area contributed by atoms with Crippen molar-refractivity contribution >= 4 is 34.6 Å². The zero-order valence-electron chi connectivity index (χ0n) is 18.9. The van der Waals surface area contributed by atoms with Crippen LogP contribution in [-0.2, 0) is 16.1 Å². The highest BCUT2D eigenvalue weighted by Crippen LogP contribution is 2.27. The fourth-order valence-corrected chi connectivity index (χ4v) is 5.81. The van der Waals surface area contributed by atoms with Crippen molar-refractivity contribution in [1.29, 1.82) is 0 Å². The molecule has 0 spiro atoms. The van der Waals surface area contributed by atoms with Crippen LogP contribution >= 0.6 is 11.8 Å². The van der Waals surface area contributed by atoms with Crippen LogP contribution in [0, 0.1) is 17.8 Å². The fourth-order valence-electron chi connectivity index (χ4n) is 4.89. The fraction of sp³-hybridized carbons (Fsp3) is 0.625. The third-order valence-corrected chi connectivity index (χ3v) is 7.56. The zero-order valence-corrected chi connectivity index (χ0v) is 19.7. The van der Waals surface area contributed by atoms with Gasteiger partial charge in [0.1, 0.15) is 6.54 Å². The lowest BCUT2D eigenvalue weighted by Crippen LogP contribution is -2.44. The second kappa shape index (κ2) is 9.63. The van der Waals surface area contributed by atoms with Crippen molar-refractivity contribution in [2.45, 2.75) is 51.7 Å². The molecule has 1 aromatic heterocycles. The van der Waals surface area contributed by atoms with E-state index in [1.165, 1.54) is 18.2 Å². The minimum absolute atomic E-state index is 0.139. The molecular formula is C24H34N4O2S. The van der Waals surface area contributed by atoms with E-state index in [9.17, 15) is 9.59 Å². The van der Waals surface area contributed by atoms with E-state index in [0.29, 0.717) is 23.5 Å². The first-order valence-corrected chi connectivity index (χ1v) is 12.5. The predicted octanol–water partition coefficient (Wildman–Crippen LogP) is 3.89. The molecule has 2 saturated heterocycles. The van der Waals surface area contributed by atoms with Crippen molar-refractivity contribution < 1.29 is 9.59 Å². The monoisotopic (exact) mass is 442 g/mol. The number of amides is 2. The van der Waals surface area contributed by atoms with E-state index in [4.69, 9.17) is 4.98 Å². The van der Waals surface area contributed by atoms with Gasteiger partial charge in [-0.2, -0.15) is 0 Å². The van der Waals surface area contributed by atoms with Gasteiger partial charge in [0.05, 0.1) is 16.8 Å². The van der Waals surface area contributed by atoms with Crippen molar-refractivity contribution in [3.63, 3.8) is 0 Å². The van der Waals surface area contributed by atoms with Crippen LogP contribution in [0.2, 0.25) is 0 Å². The summed E-state index contributed by atoms with van der Waals surface area (Å²) >= 11 is 1.45. The van der Waals surface area contributed by atoms with Crippen molar-refractivity contribution in [3.05, 3.63) is 24.3 Å². The van der Waals surface area contributed by atoms with E-state index >= 15 is 0 Å². The van der Waals surface area contributed by atoms with E-state index in [2.05, 4.69) is 20.8 Å². The molecule has 0 saturated carbocycles. The molecule has 0 unspecified atom stereocenters. The molecule has 2 fully saturated rings. The Labute approximate surface area is 189 Å². The molecular weight excluding hydrogens is 408 g/mol. The molecule has 0 N–H and O–H groups in total. The molecule has 168 valence electrons. The summed E-state index contributed by atoms with van der Waals surface area (Å²) < 4.78 is 2.00. The van der Waals surface area contributed by atoms with E-state index in [-0.39, 0.29) is 18.4 Å². The Bertz CT molecular complexity index is 925. The second-order valence-corrected chi connectivity index (χ2v) is 10.5. The van der Waals surface area contributed by atoms with Crippen molar-refractivity contribution in [2.75, 3.05) is 31.9 Å². The molecule has 4 rings (SSSR count). The van der Waals surface area contributed by atoms with Crippen molar-refractivity contribution in [2.24, 2.45) is 17.8 Å². The smallest absolute Gasteiger partial charge is 0.242 e. The van der Waals surface area contributed by atoms with Crippen LogP contribution in [0.4, 0.5) is 0 Å². The average molecular weight is 443 g/mol. The average Bonchev–Trinajstić information content (AvgIpc) is 3.09. The maximum atomic E-state index is 13.2. The molecule has 1 aromatic carbocycles. The first-order valence-electron chi connectivity index (χ1n) is 11.5. The van der Waals surface area contributed by atoms with E-state index in [1.54, 1.807) is 0 Å². The van der Waals surface area contributed by atoms with Crippen molar-refractivity contribution in [3.8, 4) is 0 Å². The number of benzene rings is 1. The first kappa shape index (κ1) is 22.2. The Hall–Kier alpha value is -2.02. The Balaban J connectivity index is 1.48. The summed E-state index contributed by atoms with van der Waals surface area (Å²) in [6, 6.07) is 7.92. The quantitative estimate of drug-likeness (QED) is 0.659. The third kappa shape index (κ3) is 5.25. The highest BCUT2D eigenvalue weighted by atomic mass is 32.2. The number of hydrogen-bond donors (Lipinski definition) is 0. The summed E-state index contributed by atoms with van der Waals surface area (Å²) in [6.07, 6.45) is 3.34. The van der Waals surface area contributed by atoms with Gasteiger partial charge >= 0.3 is 0 Å². The Morgan fingerprint density at radius 3 is 2.35 bits per heavy atom. The van der Waals surface area contributed by atoms with Crippen LogP contribution in [0.3, 0.4) is 0 Å². The van der Waals surface area contributed by atoms with Gasteiger partial charge in [0.2, 0.25) is 11.8 Å². The van der Waals surface area contributed by atoms with Gasteiger partial charge in [-0.15, -0.1) is 0 Å². The zero-order chi connectivity index (χ0) is 22.0. The minimum atomic E-state index is 0.139. The molecule has 2 aliphatic rings. The van der Waals surface area contributed by atoms with Gasteiger partial charge in [-0.25, -0.2) is 4.98 Å². The number of fused-ring (bicyclic) bond motifs is 1. The number of rotatable bonds is 5. The van der Waals surface area contributed by atoms with E-state index in [1.807, 2.05) is 38.6 Å². The van der Waals surface area contributed by atoms with Gasteiger partial charge in [0.25, 0.3) is 0 Å². The lowest BCUT2D eigenvalue weighted by Gasteiger charge is -2.35. The molecule has 2 aromatic rings. The van der Waals surface area contributed by atoms with Crippen LogP contribution in [0.25, 0.3) is 11.0 Å². The normalized spacial score (nSPS) is 22.8. The maximum absolute atomic E-state index is 13.2. The number of likely N-dealkylation sites (tertiary alicyclic amines) is 2. The number of carbonyl (C=O) groups is 2. The standard InChI is InChI=1S/C24H34N4O2S/c1-17-8-10-26(11-9-17)23(30)16-31-24-25-20-6-4-5-7-21(20)28(24)15-22(29)27-13-18(2)12-19(3)14-27/h4-7,17-19H,8-16H2,1-3H3/t18-,19-/m0/s1. The van der Waals surface area contributed by atoms with Gasteiger partial charge in [-0.1, -0.05) is 44.7 Å². The molecule has 2 atom stereocenters. The van der Waals surface area contributed by atoms with Crippen LogP contribution in [0.1, 0.15) is 40.0 Å². The predicted molar refractivity (Wildman–Crippen MR) is 125 cm³/mol. The lowest BCUT2D eigenvalue weighted by atomic mass is 9.92. The highest BCUT2D eigenvalue weighted by molar-refractivity contribution is 7.99. The van der Waals surface area contributed by atoms with Gasteiger partial charge in [-0.05, 0) is 49.1 Å². The van der Waals surface area contributed by atoms with Gasteiger partial charge in [-0.3, -0.25) is 9.59 Å². The molecule has 2 aliphatic heterocycles. The van der Waals surface area contributed by atoms with E-state index < -0.39 is 0 Å². The molecule has 31 heavy (non-hydrogen) atoms. The van der Waals surface area contributed by atoms with Crippen LogP contribution in [0.15, 0.2) is 29.4 Å². The number of carbonyl (C=O) groups excluding carboxylic acids is 2.